The first kappa shape index (κ1) is 15.7. The van der Waals surface area contributed by atoms with E-state index in [4.69, 9.17) is 9.84 Å². The molecule has 1 aromatic carbocycles. The highest BCUT2D eigenvalue weighted by Crippen LogP contribution is 2.28. The standard InChI is InChI=1S/C13H18N2O5/c1-3-14(6-5-13(16)17)10-7-11(15(18)19)9-12(8-10)20-4-2/h7-9H,3-6H2,1-2H3,(H,16,17). The third kappa shape index (κ3) is 4.42. The number of nitrogens with zero attached hydrogens (tertiary/aromatic N) is 2. The van der Waals surface area contributed by atoms with Crippen LogP contribution in [0.5, 0.6) is 5.75 Å². The largest absolute Gasteiger partial charge is 0.494 e. The van der Waals surface area contributed by atoms with Crippen molar-refractivity contribution in [2.24, 2.45) is 0 Å². The molecule has 110 valence electrons. The molecule has 0 saturated carbocycles. The molecule has 7 heteroatoms. The Morgan fingerprint density at radius 1 is 1.40 bits per heavy atom. The molecule has 0 aliphatic heterocycles. The summed E-state index contributed by atoms with van der Waals surface area (Å²) in [5.74, 6) is -0.496. The lowest BCUT2D eigenvalue weighted by Crippen LogP contribution is -2.25. The molecule has 0 heterocycles. The van der Waals surface area contributed by atoms with Crippen molar-refractivity contribution in [2.45, 2.75) is 20.3 Å². The van der Waals surface area contributed by atoms with E-state index in [1.807, 2.05) is 6.92 Å². The van der Waals surface area contributed by atoms with Crippen LogP contribution in [-0.2, 0) is 4.79 Å². The van der Waals surface area contributed by atoms with Gasteiger partial charge in [0.2, 0.25) is 0 Å². The molecule has 0 aliphatic rings. The van der Waals surface area contributed by atoms with Crippen molar-refractivity contribution in [2.75, 3.05) is 24.6 Å². The molecule has 0 fully saturated rings. The number of hydrogen-bond donors (Lipinski definition) is 1. The average molecular weight is 282 g/mol. The summed E-state index contributed by atoms with van der Waals surface area (Å²) >= 11 is 0. The first-order valence-corrected chi connectivity index (χ1v) is 6.37. The van der Waals surface area contributed by atoms with Gasteiger partial charge in [0, 0.05) is 30.9 Å². The van der Waals surface area contributed by atoms with Crippen LogP contribution >= 0.6 is 0 Å². The third-order valence-corrected chi connectivity index (χ3v) is 2.74. The zero-order chi connectivity index (χ0) is 15.1. The van der Waals surface area contributed by atoms with Gasteiger partial charge in [0.25, 0.3) is 5.69 Å². The number of benzene rings is 1. The number of nitro groups is 1. The zero-order valence-corrected chi connectivity index (χ0v) is 11.5. The number of non-ortho nitro benzene ring substituents is 1. The molecule has 0 radical (unpaired) electrons. The second-order valence-electron chi connectivity index (χ2n) is 4.10. The number of carbonyl (C=O) groups is 1. The molecule has 0 bridgehead atoms. The Balaban J connectivity index is 3.06. The number of carboxylic acids is 1. The molecule has 1 N–H and O–H groups in total. The van der Waals surface area contributed by atoms with Crippen LogP contribution in [0.3, 0.4) is 0 Å². The van der Waals surface area contributed by atoms with Crippen LogP contribution in [0.15, 0.2) is 18.2 Å². The fourth-order valence-electron chi connectivity index (χ4n) is 1.81. The Labute approximate surface area is 116 Å². The normalized spacial score (nSPS) is 10.1. The van der Waals surface area contributed by atoms with Gasteiger partial charge in [-0.15, -0.1) is 0 Å². The number of rotatable bonds is 8. The second-order valence-corrected chi connectivity index (χ2v) is 4.10. The fraction of sp³-hybridized carbons (Fsp3) is 0.462. The van der Waals surface area contributed by atoms with E-state index in [9.17, 15) is 14.9 Å². The second kappa shape index (κ2) is 7.32. The minimum Gasteiger partial charge on any atom is -0.494 e. The Kier molecular flexibility index (Phi) is 5.76. The fourth-order valence-corrected chi connectivity index (χ4v) is 1.81. The molecular formula is C13H18N2O5. The predicted molar refractivity (Wildman–Crippen MR) is 74.4 cm³/mol. The van der Waals surface area contributed by atoms with E-state index in [1.165, 1.54) is 12.1 Å². The molecule has 1 aromatic rings. The molecule has 1 rings (SSSR count). The van der Waals surface area contributed by atoms with Crippen LogP contribution in [0.2, 0.25) is 0 Å². The molecule has 0 spiro atoms. The van der Waals surface area contributed by atoms with Crippen molar-refractivity contribution in [3.63, 3.8) is 0 Å². The van der Waals surface area contributed by atoms with E-state index in [-0.39, 0.29) is 12.1 Å². The van der Waals surface area contributed by atoms with Gasteiger partial charge in [-0.2, -0.15) is 0 Å². The van der Waals surface area contributed by atoms with E-state index < -0.39 is 10.9 Å². The van der Waals surface area contributed by atoms with Crippen LogP contribution < -0.4 is 9.64 Å². The van der Waals surface area contributed by atoms with E-state index in [1.54, 1.807) is 17.9 Å². The highest BCUT2D eigenvalue weighted by atomic mass is 16.6. The average Bonchev–Trinajstić information content (AvgIpc) is 2.39. The lowest BCUT2D eigenvalue weighted by Gasteiger charge is -2.22. The van der Waals surface area contributed by atoms with Crippen molar-refractivity contribution in [1.82, 2.24) is 0 Å². The highest BCUT2D eigenvalue weighted by Gasteiger charge is 2.15. The number of anilines is 1. The topological polar surface area (TPSA) is 92.9 Å². The quantitative estimate of drug-likeness (QED) is 0.581. The Bertz CT molecular complexity index is 490. The molecule has 0 atom stereocenters. The van der Waals surface area contributed by atoms with Crippen molar-refractivity contribution in [1.29, 1.82) is 0 Å². The molecule has 0 saturated heterocycles. The molecule has 0 aliphatic carbocycles. The maximum atomic E-state index is 10.9. The number of nitro benzene ring substituents is 1. The minimum atomic E-state index is -0.904. The maximum Gasteiger partial charge on any atom is 0.305 e. The summed E-state index contributed by atoms with van der Waals surface area (Å²) in [4.78, 5) is 22.8. The Hall–Kier alpha value is -2.31. The first-order valence-electron chi connectivity index (χ1n) is 6.37. The minimum absolute atomic E-state index is 0.0273. The van der Waals surface area contributed by atoms with E-state index in [2.05, 4.69) is 0 Å². The summed E-state index contributed by atoms with van der Waals surface area (Å²) < 4.78 is 5.31. The van der Waals surface area contributed by atoms with Gasteiger partial charge in [-0.25, -0.2) is 0 Å². The zero-order valence-electron chi connectivity index (χ0n) is 11.5. The van der Waals surface area contributed by atoms with Crippen molar-refractivity contribution in [3.8, 4) is 5.75 Å². The summed E-state index contributed by atoms with van der Waals surface area (Å²) in [6.07, 6.45) is -0.0273. The van der Waals surface area contributed by atoms with E-state index in [0.717, 1.165) is 0 Å². The van der Waals surface area contributed by atoms with Gasteiger partial charge in [0.05, 0.1) is 24.0 Å². The van der Waals surface area contributed by atoms with Crippen LogP contribution in [0, 0.1) is 10.1 Å². The molecule has 0 amide bonds. The lowest BCUT2D eigenvalue weighted by atomic mass is 10.2. The highest BCUT2D eigenvalue weighted by molar-refractivity contribution is 5.68. The number of aliphatic carboxylic acids is 1. The molecule has 0 aromatic heterocycles. The van der Waals surface area contributed by atoms with Gasteiger partial charge >= 0.3 is 5.97 Å². The number of carboxylic acid groups (broad SMARTS) is 1. The van der Waals surface area contributed by atoms with E-state index >= 15 is 0 Å². The summed E-state index contributed by atoms with van der Waals surface area (Å²) in [7, 11) is 0. The molecule has 20 heavy (non-hydrogen) atoms. The summed E-state index contributed by atoms with van der Waals surface area (Å²) in [6, 6.07) is 4.47. The van der Waals surface area contributed by atoms with Crippen molar-refractivity contribution < 1.29 is 19.6 Å². The summed E-state index contributed by atoms with van der Waals surface area (Å²) in [6.45, 7) is 4.90. The van der Waals surface area contributed by atoms with Crippen LogP contribution in [0.1, 0.15) is 20.3 Å². The first-order chi connectivity index (χ1) is 9.47. The molecular weight excluding hydrogens is 264 g/mol. The van der Waals surface area contributed by atoms with Gasteiger partial charge in [-0.05, 0) is 13.8 Å². The maximum absolute atomic E-state index is 10.9. The van der Waals surface area contributed by atoms with E-state index in [0.29, 0.717) is 31.1 Å². The summed E-state index contributed by atoms with van der Waals surface area (Å²) in [5, 5.41) is 19.7. The van der Waals surface area contributed by atoms with Gasteiger partial charge in [-0.3, -0.25) is 14.9 Å². The Morgan fingerprint density at radius 3 is 2.60 bits per heavy atom. The summed E-state index contributed by atoms with van der Waals surface area (Å²) in [5.41, 5.74) is 0.520. The predicted octanol–water partition coefficient (Wildman–Crippen LogP) is 2.29. The third-order valence-electron chi connectivity index (χ3n) is 2.74. The molecule has 7 nitrogen and oxygen atoms in total. The monoisotopic (exact) mass is 282 g/mol. The van der Waals surface area contributed by atoms with Crippen molar-refractivity contribution >= 4 is 17.3 Å². The van der Waals surface area contributed by atoms with Crippen LogP contribution in [-0.4, -0.2) is 35.7 Å². The van der Waals surface area contributed by atoms with Gasteiger partial charge in [0.15, 0.2) is 0 Å². The molecule has 0 unspecified atom stereocenters. The van der Waals surface area contributed by atoms with Crippen LogP contribution in [0.4, 0.5) is 11.4 Å². The van der Waals surface area contributed by atoms with Crippen LogP contribution in [0.25, 0.3) is 0 Å². The van der Waals surface area contributed by atoms with Gasteiger partial charge in [-0.1, -0.05) is 0 Å². The van der Waals surface area contributed by atoms with Gasteiger partial charge in [0.1, 0.15) is 5.75 Å². The SMILES string of the molecule is CCOc1cc(N(CC)CCC(=O)O)cc([N+](=O)[O-])c1. The van der Waals surface area contributed by atoms with Crippen molar-refractivity contribution in [3.05, 3.63) is 28.3 Å². The smallest absolute Gasteiger partial charge is 0.305 e. The number of ether oxygens (including phenoxy) is 1. The lowest BCUT2D eigenvalue weighted by molar-refractivity contribution is -0.384. The van der Waals surface area contributed by atoms with Gasteiger partial charge < -0.3 is 14.7 Å². The number of hydrogen-bond acceptors (Lipinski definition) is 5. The Morgan fingerprint density at radius 2 is 2.10 bits per heavy atom.